The van der Waals surface area contributed by atoms with Gasteiger partial charge in [0.25, 0.3) is 0 Å². The van der Waals surface area contributed by atoms with Gasteiger partial charge in [-0.05, 0) is 36.6 Å². The van der Waals surface area contributed by atoms with Gasteiger partial charge in [0.15, 0.2) is 12.0 Å². The largest absolute Gasteiger partial charge is 0.453 e. The maximum atomic E-state index is 11.9. The highest BCUT2D eigenvalue weighted by atomic mass is 16.3. The molecule has 1 N–H and O–H groups in total. The van der Waals surface area contributed by atoms with E-state index in [-0.39, 0.29) is 5.91 Å². The van der Waals surface area contributed by atoms with Crippen LogP contribution in [-0.2, 0) is 4.79 Å². The third-order valence-electron chi connectivity index (χ3n) is 3.21. The fourth-order valence-electron chi connectivity index (χ4n) is 2.17. The molecular formula is C17H19NO3. The lowest BCUT2D eigenvalue weighted by Crippen LogP contribution is -2.14. The Kier molecular flexibility index (Phi) is 4.58. The van der Waals surface area contributed by atoms with Gasteiger partial charge in [-0.1, -0.05) is 26.0 Å². The Labute approximate surface area is 124 Å². The molecule has 1 heterocycles. The first kappa shape index (κ1) is 15.0. The van der Waals surface area contributed by atoms with Gasteiger partial charge < -0.3 is 9.73 Å². The second-order valence-electron chi connectivity index (χ2n) is 5.44. The average molecular weight is 285 g/mol. The highest BCUT2D eigenvalue weighted by Crippen LogP contribution is 2.29. The van der Waals surface area contributed by atoms with Crippen molar-refractivity contribution in [3.05, 3.63) is 41.7 Å². The van der Waals surface area contributed by atoms with Crippen LogP contribution in [0, 0.1) is 12.8 Å². The zero-order valence-electron chi connectivity index (χ0n) is 12.5. The lowest BCUT2D eigenvalue weighted by atomic mass is 10.0. The number of carbonyl (C=O) groups is 2. The van der Waals surface area contributed by atoms with E-state index in [9.17, 15) is 9.59 Å². The SMILES string of the molecule is Cc1c(NC(=O)CC(C)C)cccc1-c1ccc(C=O)o1. The highest BCUT2D eigenvalue weighted by Gasteiger charge is 2.12. The number of hydrogen-bond donors (Lipinski definition) is 1. The van der Waals surface area contributed by atoms with Gasteiger partial charge in [0.05, 0.1) is 0 Å². The van der Waals surface area contributed by atoms with E-state index in [1.54, 1.807) is 12.1 Å². The Morgan fingerprint density at radius 1 is 1.29 bits per heavy atom. The molecule has 0 spiro atoms. The van der Waals surface area contributed by atoms with Crippen LogP contribution in [0.25, 0.3) is 11.3 Å². The highest BCUT2D eigenvalue weighted by molar-refractivity contribution is 5.92. The molecule has 0 aliphatic heterocycles. The first-order valence-corrected chi connectivity index (χ1v) is 6.96. The van der Waals surface area contributed by atoms with Crippen LogP contribution in [0.1, 0.15) is 36.4 Å². The van der Waals surface area contributed by atoms with Crippen molar-refractivity contribution in [3.63, 3.8) is 0 Å². The summed E-state index contributed by atoms with van der Waals surface area (Å²) in [5.41, 5.74) is 2.55. The zero-order valence-corrected chi connectivity index (χ0v) is 12.5. The van der Waals surface area contributed by atoms with Gasteiger partial charge in [-0.25, -0.2) is 0 Å². The summed E-state index contributed by atoms with van der Waals surface area (Å²) in [6.07, 6.45) is 1.16. The van der Waals surface area contributed by atoms with Crippen molar-refractivity contribution in [1.82, 2.24) is 0 Å². The van der Waals surface area contributed by atoms with Crippen LogP contribution in [0.5, 0.6) is 0 Å². The summed E-state index contributed by atoms with van der Waals surface area (Å²) in [5, 5.41) is 2.92. The first-order chi connectivity index (χ1) is 10.0. The van der Waals surface area contributed by atoms with E-state index in [0.717, 1.165) is 16.8 Å². The van der Waals surface area contributed by atoms with Gasteiger partial charge in [0, 0.05) is 17.7 Å². The molecule has 4 heteroatoms. The van der Waals surface area contributed by atoms with Gasteiger partial charge in [-0.2, -0.15) is 0 Å². The molecule has 2 rings (SSSR count). The number of hydrogen-bond acceptors (Lipinski definition) is 3. The molecule has 0 bridgehead atoms. The summed E-state index contributed by atoms with van der Waals surface area (Å²) in [4.78, 5) is 22.6. The molecule has 0 unspecified atom stereocenters. The summed E-state index contributed by atoms with van der Waals surface area (Å²) < 4.78 is 5.44. The molecule has 1 aromatic carbocycles. The molecule has 21 heavy (non-hydrogen) atoms. The second kappa shape index (κ2) is 6.39. The van der Waals surface area contributed by atoms with Crippen LogP contribution in [0.4, 0.5) is 5.69 Å². The van der Waals surface area contributed by atoms with Crippen molar-refractivity contribution >= 4 is 17.9 Å². The fraction of sp³-hybridized carbons (Fsp3) is 0.294. The van der Waals surface area contributed by atoms with E-state index in [4.69, 9.17) is 4.42 Å². The molecule has 1 amide bonds. The standard InChI is InChI=1S/C17H19NO3/c1-11(2)9-17(20)18-15-6-4-5-14(12(15)3)16-8-7-13(10-19)21-16/h4-8,10-11H,9H2,1-3H3,(H,18,20). The van der Waals surface area contributed by atoms with Crippen LogP contribution in [0.15, 0.2) is 34.7 Å². The predicted molar refractivity (Wildman–Crippen MR) is 82.4 cm³/mol. The molecule has 0 aliphatic rings. The van der Waals surface area contributed by atoms with E-state index in [1.807, 2.05) is 39.0 Å². The Morgan fingerprint density at radius 2 is 2.05 bits per heavy atom. The monoisotopic (exact) mass is 285 g/mol. The predicted octanol–water partition coefficient (Wildman–Crippen LogP) is 4.05. The van der Waals surface area contributed by atoms with Crippen LogP contribution in [0.2, 0.25) is 0 Å². The van der Waals surface area contributed by atoms with Gasteiger partial charge in [-0.15, -0.1) is 0 Å². The second-order valence-corrected chi connectivity index (χ2v) is 5.44. The topological polar surface area (TPSA) is 59.3 Å². The summed E-state index contributed by atoms with van der Waals surface area (Å²) >= 11 is 0. The van der Waals surface area contributed by atoms with Crippen molar-refractivity contribution in [3.8, 4) is 11.3 Å². The van der Waals surface area contributed by atoms with Crippen molar-refractivity contribution in [1.29, 1.82) is 0 Å². The quantitative estimate of drug-likeness (QED) is 0.843. The number of nitrogens with one attached hydrogen (secondary N) is 1. The van der Waals surface area contributed by atoms with Gasteiger partial charge >= 0.3 is 0 Å². The number of aldehydes is 1. The molecule has 0 aliphatic carbocycles. The summed E-state index contributed by atoms with van der Waals surface area (Å²) in [6.45, 7) is 5.93. The normalized spacial score (nSPS) is 10.7. The molecule has 0 saturated heterocycles. The number of rotatable bonds is 5. The van der Waals surface area contributed by atoms with Gasteiger partial charge in [0.1, 0.15) is 5.76 Å². The van der Waals surface area contributed by atoms with Crippen LogP contribution < -0.4 is 5.32 Å². The Balaban J connectivity index is 2.27. The number of anilines is 1. The van der Waals surface area contributed by atoms with Crippen LogP contribution >= 0.6 is 0 Å². The maximum absolute atomic E-state index is 11.9. The lowest BCUT2D eigenvalue weighted by molar-refractivity contribution is -0.116. The van der Waals surface area contributed by atoms with Crippen molar-refractivity contribution in [2.45, 2.75) is 27.2 Å². The minimum absolute atomic E-state index is 0.00160. The number of benzene rings is 1. The number of furan rings is 1. The molecule has 0 saturated carbocycles. The fourth-order valence-corrected chi connectivity index (χ4v) is 2.17. The molecule has 1 aromatic heterocycles. The average Bonchev–Trinajstić information content (AvgIpc) is 2.89. The number of carbonyl (C=O) groups excluding carboxylic acids is 2. The van der Waals surface area contributed by atoms with E-state index in [2.05, 4.69) is 5.32 Å². The van der Waals surface area contributed by atoms with E-state index >= 15 is 0 Å². The zero-order chi connectivity index (χ0) is 15.4. The number of amides is 1. The van der Waals surface area contributed by atoms with E-state index < -0.39 is 0 Å². The van der Waals surface area contributed by atoms with Gasteiger partial charge in [0.2, 0.25) is 5.91 Å². The minimum atomic E-state index is -0.00160. The summed E-state index contributed by atoms with van der Waals surface area (Å²) in [7, 11) is 0. The molecule has 0 radical (unpaired) electrons. The van der Waals surface area contributed by atoms with E-state index in [0.29, 0.717) is 30.1 Å². The Morgan fingerprint density at radius 3 is 2.67 bits per heavy atom. The van der Waals surface area contributed by atoms with Crippen LogP contribution in [-0.4, -0.2) is 12.2 Å². The molecule has 2 aromatic rings. The molecule has 0 fully saturated rings. The maximum Gasteiger partial charge on any atom is 0.224 e. The van der Waals surface area contributed by atoms with E-state index in [1.165, 1.54) is 0 Å². The first-order valence-electron chi connectivity index (χ1n) is 6.96. The Hall–Kier alpha value is -2.36. The molecule has 0 atom stereocenters. The van der Waals surface area contributed by atoms with Crippen LogP contribution in [0.3, 0.4) is 0 Å². The smallest absolute Gasteiger partial charge is 0.224 e. The van der Waals surface area contributed by atoms with Crippen molar-refractivity contribution in [2.24, 2.45) is 5.92 Å². The van der Waals surface area contributed by atoms with Crippen molar-refractivity contribution in [2.75, 3.05) is 5.32 Å². The molecular weight excluding hydrogens is 266 g/mol. The summed E-state index contributed by atoms with van der Waals surface area (Å²) in [5.74, 6) is 1.22. The summed E-state index contributed by atoms with van der Waals surface area (Å²) in [6, 6.07) is 9.01. The molecule has 4 nitrogen and oxygen atoms in total. The third-order valence-corrected chi connectivity index (χ3v) is 3.21. The van der Waals surface area contributed by atoms with Crippen molar-refractivity contribution < 1.29 is 14.0 Å². The van der Waals surface area contributed by atoms with Gasteiger partial charge in [-0.3, -0.25) is 9.59 Å². The minimum Gasteiger partial charge on any atom is -0.453 e. The Bertz CT molecular complexity index is 656. The third kappa shape index (κ3) is 3.60. The lowest BCUT2D eigenvalue weighted by Gasteiger charge is -2.12. The molecule has 110 valence electrons.